The predicted octanol–water partition coefficient (Wildman–Crippen LogP) is 2.01. The fourth-order valence-electron chi connectivity index (χ4n) is 3.05. The number of aryl methyl sites for hydroxylation is 1. The smallest absolute Gasteiger partial charge is 0.323 e. The molecule has 1 aliphatic rings. The number of nitrogens with one attached hydrogen (secondary N) is 3. The molecule has 1 aromatic carbocycles. The van der Waals surface area contributed by atoms with Crippen LogP contribution in [0.3, 0.4) is 0 Å². The molecule has 3 N–H and O–H groups in total. The van der Waals surface area contributed by atoms with Crippen LogP contribution in [0.2, 0.25) is 0 Å². The Balaban J connectivity index is 1.75. The molecule has 4 rings (SSSR count). The predicted molar refractivity (Wildman–Crippen MR) is 89.6 cm³/mol. The molecule has 0 atom stereocenters. The Kier molecular flexibility index (Phi) is 3.37. The molecule has 3 heterocycles. The topological polar surface area (TPSA) is 107 Å². The Bertz CT molecular complexity index is 962. The molecule has 1 saturated heterocycles. The van der Waals surface area contributed by atoms with E-state index >= 15 is 0 Å². The van der Waals surface area contributed by atoms with E-state index in [4.69, 9.17) is 4.52 Å². The molecule has 1 fully saturated rings. The van der Waals surface area contributed by atoms with Gasteiger partial charge < -0.3 is 24.7 Å². The zero-order valence-electron chi connectivity index (χ0n) is 13.2. The molecular weight excluding hydrogens is 310 g/mol. The van der Waals surface area contributed by atoms with Crippen LogP contribution < -0.4 is 15.9 Å². The number of carbonyl (C=O) groups excluding carboxylic acids is 1. The number of rotatable bonds is 3. The average Bonchev–Trinajstić information content (AvgIpc) is 3.25. The molecule has 0 radical (unpaired) electrons. The van der Waals surface area contributed by atoms with Crippen molar-refractivity contribution in [3.63, 3.8) is 0 Å². The molecule has 0 aliphatic carbocycles. The van der Waals surface area contributed by atoms with Crippen LogP contribution >= 0.6 is 0 Å². The maximum absolute atomic E-state index is 12.4. The minimum Gasteiger partial charge on any atom is -0.370 e. The Hall–Kier alpha value is -3.03. The second kappa shape index (κ2) is 5.55. The summed E-state index contributed by atoms with van der Waals surface area (Å²) in [7, 11) is 0. The molecule has 3 aromatic rings. The number of amides is 1. The lowest BCUT2D eigenvalue weighted by Crippen LogP contribution is -2.21. The van der Waals surface area contributed by atoms with Gasteiger partial charge in [0, 0.05) is 19.2 Å². The molecule has 1 aliphatic heterocycles. The molecule has 24 heavy (non-hydrogen) atoms. The van der Waals surface area contributed by atoms with E-state index < -0.39 is 0 Å². The zero-order chi connectivity index (χ0) is 16.7. The summed E-state index contributed by atoms with van der Waals surface area (Å²) in [6.45, 7) is 3.58. The fraction of sp³-hybridized carbons (Fsp3) is 0.312. The summed E-state index contributed by atoms with van der Waals surface area (Å²) in [4.78, 5) is 31.6. The van der Waals surface area contributed by atoms with Crippen molar-refractivity contribution in [3.05, 3.63) is 40.1 Å². The first-order chi connectivity index (χ1) is 11.6. The van der Waals surface area contributed by atoms with E-state index in [-0.39, 0.29) is 17.3 Å². The third kappa shape index (κ3) is 2.55. The van der Waals surface area contributed by atoms with Gasteiger partial charge in [-0.3, -0.25) is 4.79 Å². The van der Waals surface area contributed by atoms with Gasteiger partial charge in [0.05, 0.1) is 22.4 Å². The number of hydrogen-bond acceptors (Lipinski definition) is 5. The number of anilines is 2. The number of benzene rings is 1. The van der Waals surface area contributed by atoms with E-state index in [2.05, 4.69) is 25.3 Å². The van der Waals surface area contributed by atoms with Crippen molar-refractivity contribution in [1.29, 1.82) is 0 Å². The number of H-pyrrole nitrogens is 2. The Labute approximate surface area is 136 Å². The zero-order valence-corrected chi connectivity index (χ0v) is 13.2. The first-order valence-corrected chi connectivity index (χ1v) is 7.86. The first-order valence-electron chi connectivity index (χ1n) is 7.86. The summed E-state index contributed by atoms with van der Waals surface area (Å²) < 4.78 is 4.95. The van der Waals surface area contributed by atoms with Crippen molar-refractivity contribution in [2.24, 2.45) is 0 Å². The number of fused-ring (bicyclic) bond motifs is 1. The molecule has 0 saturated carbocycles. The molecule has 0 bridgehead atoms. The summed E-state index contributed by atoms with van der Waals surface area (Å²) in [5, 5.41) is 6.62. The monoisotopic (exact) mass is 327 g/mol. The molecule has 0 unspecified atom stereocenters. The Morgan fingerprint density at radius 1 is 1.21 bits per heavy atom. The van der Waals surface area contributed by atoms with Crippen LogP contribution in [0.1, 0.15) is 29.1 Å². The van der Waals surface area contributed by atoms with Gasteiger partial charge in [0.25, 0.3) is 5.91 Å². The standard InChI is InChI=1S/C16H17N5O3/c1-9-6-13(20-24-9)15(22)17-12-7-10-11(19-16(23)18-10)8-14(12)21-4-2-3-5-21/h6-8H,2-5H2,1H3,(H,17,22)(H2,18,19,23). The Morgan fingerprint density at radius 3 is 2.58 bits per heavy atom. The van der Waals surface area contributed by atoms with Gasteiger partial charge in [-0.25, -0.2) is 4.79 Å². The summed E-state index contributed by atoms with van der Waals surface area (Å²) in [6, 6.07) is 5.25. The van der Waals surface area contributed by atoms with Crippen molar-refractivity contribution in [2.45, 2.75) is 19.8 Å². The highest BCUT2D eigenvalue weighted by Gasteiger charge is 2.20. The minimum absolute atomic E-state index is 0.225. The minimum atomic E-state index is -0.343. The number of aromatic amines is 2. The third-order valence-corrected chi connectivity index (χ3v) is 4.19. The molecule has 0 spiro atoms. The van der Waals surface area contributed by atoms with Crippen LogP contribution in [0.25, 0.3) is 11.0 Å². The van der Waals surface area contributed by atoms with Crippen molar-refractivity contribution in [1.82, 2.24) is 15.1 Å². The second-order valence-corrected chi connectivity index (χ2v) is 5.97. The van der Waals surface area contributed by atoms with Crippen molar-refractivity contribution >= 4 is 28.3 Å². The summed E-state index contributed by atoms with van der Waals surface area (Å²) in [6.07, 6.45) is 2.22. The van der Waals surface area contributed by atoms with Crippen LogP contribution in [0.5, 0.6) is 0 Å². The molecule has 2 aromatic heterocycles. The van der Waals surface area contributed by atoms with Gasteiger partial charge in [0.1, 0.15) is 5.76 Å². The SMILES string of the molecule is Cc1cc(C(=O)Nc2cc3[nH]c(=O)[nH]c3cc2N2CCCC2)no1. The third-order valence-electron chi connectivity index (χ3n) is 4.19. The van der Waals surface area contributed by atoms with Crippen LogP contribution in [0, 0.1) is 6.92 Å². The van der Waals surface area contributed by atoms with E-state index in [1.54, 1.807) is 19.1 Å². The van der Waals surface area contributed by atoms with Crippen LogP contribution in [-0.4, -0.2) is 34.1 Å². The van der Waals surface area contributed by atoms with Gasteiger partial charge in [0.15, 0.2) is 5.69 Å². The van der Waals surface area contributed by atoms with E-state index in [0.29, 0.717) is 17.0 Å². The number of nitrogens with zero attached hydrogens (tertiary/aromatic N) is 2. The van der Waals surface area contributed by atoms with E-state index in [9.17, 15) is 9.59 Å². The van der Waals surface area contributed by atoms with Gasteiger partial charge in [-0.05, 0) is 31.9 Å². The van der Waals surface area contributed by atoms with Gasteiger partial charge in [-0.1, -0.05) is 5.16 Å². The molecular formula is C16H17N5O3. The molecule has 124 valence electrons. The number of carbonyl (C=O) groups is 1. The van der Waals surface area contributed by atoms with Crippen molar-refractivity contribution in [3.8, 4) is 0 Å². The highest BCUT2D eigenvalue weighted by Crippen LogP contribution is 2.32. The normalized spacial score (nSPS) is 14.5. The maximum Gasteiger partial charge on any atom is 0.323 e. The lowest BCUT2D eigenvalue weighted by molar-refractivity contribution is 0.101. The largest absolute Gasteiger partial charge is 0.370 e. The van der Waals surface area contributed by atoms with Gasteiger partial charge in [-0.15, -0.1) is 0 Å². The lowest BCUT2D eigenvalue weighted by Gasteiger charge is -2.21. The van der Waals surface area contributed by atoms with Crippen molar-refractivity contribution < 1.29 is 9.32 Å². The van der Waals surface area contributed by atoms with Gasteiger partial charge in [-0.2, -0.15) is 0 Å². The maximum atomic E-state index is 12.4. The average molecular weight is 327 g/mol. The summed E-state index contributed by atoms with van der Waals surface area (Å²) >= 11 is 0. The molecule has 1 amide bonds. The number of hydrogen-bond donors (Lipinski definition) is 3. The molecule has 8 nitrogen and oxygen atoms in total. The van der Waals surface area contributed by atoms with E-state index in [1.807, 2.05) is 6.07 Å². The van der Waals surface area contributed by atoms with Gasteiger partial charge >= 0.3 is 5.69 Å². The fourth-order valence-corrected chi connectivity index (χ4v) is 3.05. The Morgan fingerprint density at radius 2 is 1.92 bits per heavy atom. The highest BCUT2D eigenvalue weighted by atomic mass is 16.5. The summed E-state index contributed by atoms with van der Waals surface area (Å²) in [5.74, 6) is 0.231. The van der Waals surface area contributed by atoms with Crippen LogP contribution in [-0.2, 0) is 0 Å². The quantitative estimate of drug-likeness (QED) is 0.682. The number of aromatic nitrogens is 3. The second-order valence-electron chi connectivity index (χ2n) is 5.97. The highest BCUT2D eigenvalue weighted by molar-refractivity contribution is 6.06. The van der Waals surface area contributed by atoms with Gasteiger partial charge in [0.2, 0.25) is 0 Å². The lowest BCUT2D eigenvalue weighted by atomic mass is 10.2. The first kappa shape index (κ1) is 14.6. The number of imidazole rings is 1. The summed E-state index contributed by atoms with van der Waals surface area (Å²) in [5.41, 5.74) is 2.86. The van der Waals surface area contributed by atoms with Crippen LogP contribution in [0.15, 0.2) is 27.5 Å². The van der Waals surface area contributed by atoms with E-state index in [1.165, 1.54) is 0 Å². The van der Waals surface area contributed by atoms with Crippen LogP contribution in [0.4, 0.5) is 11.4 Å². The molecule has 8 heteroatoms. The van der Waals surface area contributed by atoms with E-state index in [0.717, 1.165) is 37.1 Å². The van der Waals surface area contributed by atoms with Crippen molar-refractivity contribution in [2.75, 3.05) is 23.3 Å².